The number of aryl methyl sites for hydroxylation is 2. The van der Waals surface area contributed by atoms with Gasteiger partial charge < -0.3 is 19.9 Å². The van der Waals surface area contributed by atoms with Crippen molar-refractivity contribution in [2.75, 3.05) is 26.8 Å². The molecule has 0 aliphatic rings. The maximum atomic E-state index is 5.35. The first-order valence-electron chi connectivity index (χ1n) is 7.24. The standard InChI is InChI=1S/C14H26N4O2/c1-5-12-11(13(6-2)20-18-12)10-17-14(15-7-3)16-8-9-19-4/h5-10H2,1-4H3,(H2,15,16,17). The first kappa shape index (κ1) is 16.5. The molecule has 0 aromatic carbocycles. The molecule has 0 saturated heterocycles. The molecule has 0 fully saturated rings. The number of methoxy groups -OCH3 is 1. The van der Waals surface area contributed by atoms with Gasteiger partial charge in [-0.05, 0) is 13.3 Å². The summed E-state index contributed by atoms with van der Waals surface area (Å²) in [5, 5.41) is 10.5. The molecule has 0 amide bonds. The lowest BCUT2D eigenvalue weighted by molar-refractivity contribution is 0.203. The number of guanidine groups is 1. The molecule has 0 aliphatic heterocycles. The number of hydrogen-bond donors (Lipinski definition) is 2. The van der Waals surface area contributed by atoms with Gasteiger partial charge in [-0.1, -0.05) is 19.0 Å². The second-order valence-electron chi connectivity index (χ2n) is 4.35. The van der Waals surface area contributed by atoms with E-state index in [0.717, 1.165) is 48.9 Å². The van der Waals surface area contributed by atoms with Crippen LogP contribution in [0.15, 0.2) is 9.52 Å². The maximum absolute atomic E-state index is 5.35. The highest BCUT2D eigenvalue weighted by Gasteiger charge is 2.12. The highest BCUT2D eigenvalue weighted by atomic mass is 16.5. The minimum absolute atomic E-state index is 0.582. The van der Waals surface area contributed by atoms with E-state index in [9.17, 15) is 0 Å². The van der Waals surface area contributed by atoms with Gasteiger partial charge in [-0.3, -0.25) is 0 Å². The fourth-order valence-electron chi connectivity index (χ4n) is 1.89. The van der Waals surface area contributed by atoms with Crippen molar-refractivity contribution in [3.05, 3.63) is 17.0 Å². The van der Waals surface area contributed by atoms with Gasteiger partial charge in [0.2, 0.25) is 0 Å². The van der Waals surface area contributed by atoms with Crippen LogP contribution in [-0.4, -0.2) is 37.9 Å². The van der Waals surface area contributed by atoms with Crippen LogP contribution in [0, 0.1) is 0 Å². The van der Waals surface area contributed by atoms with Crippen molar-refractivity contribution in [1.29, 1.82) is 0 Å². The monoisotopic (exact) mass is 282 g/mol. The van der Waals surface area contributed by atoms with Crippen LogP contribution in [0.25, 0.3) is 0 Å². The van der Waals surface area contributed by atoms with Crippen LogP contribution in [0.2, 0.25) is 0 Å². The second-order valence-corrected chi connectivity index (χ2v) is 4.35. The van der Waals surface area contributed by atoms with Crippen molar-refractivity contribution < 1.29 is 9.26 Å². The molecule has 1 rings (SSSR count). The van der Waals surface area contributed by atoms with E-state index in [1.165, 1.54) is 0 Å². The van der Waals surface area contributed by atoms with E-state index in [2.05, 4.69) is 34.6 Å². The summed E-state index contributed by atoms with van der Waals surface area (Å²) in [6.07, 6.45) is 1.70. The molecule has 0 saturated carbocycles. The number of hydrogen-bond acceptors (Lipinski definition) is 4. The topological polar surface area (TPSA) is 71.7 Å². The summed E-state index contributed by atoms with van der Waals surface area (Å²) in [5.41, 5.74) is 2.11. The normalized spacial score (nSPS) is 11.7. The Morgan fingerprint density at radius 3 is 2.65 bits per heavy atom. The number of rotatable bonds is 8. The molecule has 1 heterocycles. The van der Waals surface area contributed by atoms with Gasteiger partial charge in [0.25, 0.3) is 0 Å². The van der Waals surface area contributed by atoms with Gasteiger partial charge in [0, 0.05) is 32.2 Å². The minimum Gasteiger partial charge on any atom is -0.383 e. The van der Waals surface area contributed by atoms with Crippen LogP contribution in [-0.2, 0) is 24.1 Å². The first-order chi connectivity index (χ1) is 9.76. The number of aromatic nitrogens is 1. The molecule has 1 aromatic rings. The number of nitrogens with zero attached hydrogens (tertiary/aromatic N) is 2. The molecule has 114 valence electrons. The highest BCUT2D eigenvalue weighted by Crippen LogP contribution is 2.16. The molecule has 0 bridgehead atoms. The van der Waals surface area contributed by atoms with Crippen molar-refractivity contribution in [2.24, 2.45) is 4.99 Å². The van der Waals surface area contributed by atoms with E-state index in [4.69, 9.17) is 9.26 Å². The van der Waals surface area contributed by atoms with Gasteiger partial charge in [-0.15, -0.1) is 0 Å². The van der Waals surface area contributed by atoms with Gasteiger partial charge in [-0.25, -0.2) is 4.99 Å². The summed E-state index contributed by atoms with van der Waals surface area (Å²) in [4.78, 5) is 4.58. The van der Waals surface area contributed by atoms with Crippen molar-refractivity contribution in [3.63, 3.8) is 0 Å². The zero-order chi connectivity index (χ0) is 14.8. The molecule has 20 heavy (non-hydrogen) atoms. The fourth-order valence-corrected chi connectivity index (χ4v) is 1.89. The van der Waals surface area contributed by atoms with E-state index in [1.807, 2.05) is 6.92 Å². The maximum Gasteiger partial charge on any atom is 0.191 e. The summed E-state index contributed by atoms with van der Waals surface area (Å²) < 4.78 is 10.4. The Kier molecular flexibility index (Phi) is 7.72. The fraction of sp³-hybridized carbons (Fsp3) is 0.714. The Bertz CT molecular complexity index is 394. The lowest BCUT2D eigenvalue weighted by atomic mass is 10.1. The van der Waals surface area contributed by atoms with E-state index in [0.29, 0.717) is 13.2 Å². The second kappa shape index (κ2) is 9.36. The Balaban J connectivity index is 2.72. The van der Waals surface area contributed by atoms with Crippen LogP contribution in [0.5, 0.6) is 0 Å². The van der Waals surface area contributed by atoms with E-state index < -0.39 is 0 Å². The molecule has 6 nitrogen and oxygen atoms in total. The largest absolute Gasteiger partial charge is 0.383 e. The summed E-state index contributed by atoms with van der Waals surface area (Å²) in [7, 11) is 1.68. The zero-order valence-electron chi connectivity index (χ0n) is 13.0. The molecule has 1 aromatic heterocycles. The third-order valence-corrected chi connectivity index (χ3v) is 2.95. The van der Waals surface area contributed by atoms with Crippen LogP contribution < -0.4 is 10.6 Å². The molecule has 6 heteroatoms. The van der Waals surface area contributed by atoms with Gasteiger partial charge in [-0.2, -0.15) is 0 Å². The summed E-state index contributed by atoms with van der Waals surface area (Å²) >= 11 is 0. The molecule has 0 aliphatic carbocycles. The summed E-state index contributed by atoms with van der Waals surface area (Å²) in [6, 6.07) is 0. The lowest BCUT2D eigenvalue weighted by Gasteiger charge is -2.10. The number of nitrogens with one attached hydrogen (secondary N) is 2. The third kappa shape index (κ3) is 4.85. The van der Waals surface area contributed by atoms with Gasteiger partial charge in [0.15, 0.2) is 5.96 Å². The predicted octanol–water partition coefficient (Wildman–Crippen LogP) is 1.50. The summed E-state index contributed by atoms with van der Waals surface area (Å²) in [5.74, 6) is 1.72. The van der Waals surface area contributed by atoms with Gasteiger partial charge in [0.1, 0.15) is 5.76 Å². The van der Waals surface area contributed by atoms with Crippen molar-refractivity contribution in [1.82, 2.24) is 15.8 Å². The molecule has 2 N–H and O–H groups in total. The van der Waals surface area contributed by atoms with Gasteiger partial charge in [0.05, 0.1) is 18.8 Å². The average molecular weight is 282 g/mol. The SMILES string of the molecule is CCNC(=NCc1c(CC)noc1CC)NCCOC. The van der Waals surface area contributed by atoms with Crippen molar-refractivity contribution in [2.45, 2.75) is 40.2 Å². The molecule has 0 radical (unpaired) electrons. The molecule has 0 spiro atoms. The third-order valence-electron chi connectivity index (χ3n) is 2.95. The highest BCUT2D eigenvalue weighted by molar-refractivity contribution is 5.79. The number of aliphatic imine (C=N–C) groups is 1. The molecular weight excluding hydrogens is 256 g/mol. The van der Waals surface area contributed by atoms with Crippen LogP contribution in [0.3, 0.4) is 0 Å². The number of ether oxygens (including phenoxy) is 1. The molecular formula is C14H26N4O2. The quantitative estimate of drug-likeness (QED) is 0.429. The van der Waals surface area contributed by atoms with Crippen LogP contribution >= 0.6 is 0 Å². The lowest BCUT2D eigenvalue weighted by Crippen LogP contribution is -2.38. The first-order valence-corrected chi connectivity index (χ1v) is 7.24. The Morgan fingerprint density at radius 2 is 2.05 bits per heavy atom. The van der Waals surface area contributed by atoms with Gasteiger partial charge >= 0.3 is 0 Å². The summed E-state index contributed by atoms with van der Waals surface area (Å²) in [6.45, 7) is 8.97. The van der Waals surface area contributed by atoms with Crippen LogP contribution in [0.4, 0.5) is 0 Å². The van der Waals surface area contributed by atoms with Crippen LogP contribution in [0.1, 0.15) is 37.8 Å². The van der Waals surface area contributed by atoms with E-state index in [-0.39, 0.29) is 0 Å². The van der Waals surface area contributed by atoms with Crippen molar-refractivity contribution in [3.8, 4) is 0 Å². The zero-order valence-corrected chi connectivity index (χ0v) is 13.0. The average Bonchev–Trinajstić information content (AvgIpc) is 2.87. The Morgan fingerprint density at radius 1 is 1.25 bits per heavy atom. The Hall–Kier alpha value is -1.56. The predicted molar refractivity (Wildman–Crippen MR) is 80.0 cm³/mol. The van der Waals surface area contributed by atoms with Crippen molar-refractivity contribution >= 4 is 5.96 Å². The van der Waals surface area contributed by atoms with E-state index in [1.54, 1.807) is 7.11 Å². The molecule has 0 atom stereocenters. The molecule has 0 unspecified atom stereocenters. The van der Waals surface area contributed by atoms with E-state index >= 15 is 0 Å². The smallest absolute Gasteiger partial charge is 0.191 e. The minimum atomic E-state index is 0.582. The Labute approximate surface area is 121 Å².